The smallest absolute Gasteiger partial charge is 0.257 e. The second kappa shape index (κ2) is 7.89. The average Bonchev–Trinajstić information content (AvgIpc) is 3.15. The quantitative estimate of drug-likeness (QED) is 0.841. The third-order valence-electron chi connectivity index (χ3n) is 5.72. The molecular weight excluding hydrogens is 340 g/mol. The molecule has 0 amide bonds. The van der Waals surface area contributed by atoms with Crippen molar-refractivity contribution in [2.24, 2.45) is 0 Å². The molecule has 0 bridgehead atoms. The number of anilines is 1. The fourth-order valence-corrected chi connectivity index (χ4v) is 4.49. The Bertz CT molecular complexity index is 822. The molecule has 0 aromatic carbocycles. The number of pyridine rings is 2. The molecule has 2 aliphatic rings. The Morgan fingerprint density at radius 3 is 2.85 bits per heavy atom. The van der Waals surface area contributed by atoms with E-state index in [1.165, 1.54) is 43.6 Å². The van der Waals surface area contributed by atoms with Crippen LogP contribution < -0.4 is 14.8 Å². The molecule has 3 heterocycles. The van der Waals surface area contributed by atoms with Crippen LogP contribution in [0.2, 0.25) is 0 Å². The summed E-state index contributed by atoms with van der Waals surface area (Å²) in [6.45, 7) is 5.74. The lowest BCUT2D eigenvalue weighted by atomic mass is 10.0. The predicted molar refractivity (Wildman–Crippen MR) is 108 cm³/mol. The molecule has 1 aliphatic carbocycles. The molecule has 0 radical (unpaired) electrons. The minimum Gasteiger partial charge on any atom is -0.491 e. The van der Waals surface area contributed by atoms with Gasteiger partial charge in [-0.15, -0.1) is 0 Å². The Labute approximate surface area is 161 Å². The van der Waals surface area contributed by atoms with Gasteiger partial charge in [0.05, 0.1) is 25.4 Å². The van der Waals surface area contributed by atoms with E-state index in [1.54, 1.807) is 14.2 Å². The number of ether oxygens (including phenoxy) is 2. The SMILES string of the molecule is CCCN1CCC[C@@H](Nc2c3c(nc4cc(OC)c(OC)nc24)CCC3)C1. The Morgan fingerprint density at radius 2 is 2.07 bits per heavy atom. The molecule has 146 valence electrons. The standard InChI is InChI=1S/C21H30N4O2/c1-4-10-25-11-6-7-14(13-25)22-19-15-8-5-9-16(15)23-17-12-18(26-2)21(27-3)24-20(17)19/h12,14H,4-11,13H2,1-3H3,(H,22,23)/t14-/m1/s1. The van der Waals surface area contributed by atoms with Crippen molar-refractivity contribution in [2.45, 2.75) is 51.5 Å². The second-order valence-corrected chi connectivity index (χ2v) is 7.62. The molecule has 6 heteroatoms. The van der Waals surface area contributed by atoms with Crippen LogP contribution >= 0.6 is 0 Å². The molecule has 1 atom stereocenters. The van der Waals surface area contributed by atoms with Gasteiger partial charge >= 0.3 is 0 Å². The number of methoxy groups -OCH3 is 2. The van der Waals surface area contributed by atoms with Crippen LogP contribution in [0.3, 0.4) is 0 Å². The number of likely N-dealkylation sites (tertiary alicyclic amines) is 1. The zero-order chi connectivity index (χ0) is 18.8. The first kappa shape index (κ1) is 18.3. The van der Waals surface area contributed by atoms with Crippen LogP contribution in [-0.2, 0) is 12.8 Å². The molecule has 6 nitrogen and oxygen atoms in total. The molecule has 0 spiro atoms. The van der Waals surface area contributed by atoms with Gasteiger partial charge in [0.1, 0.15) is 5.52 Å². The Morgan fingerprint density at radius 1 is 1.19 bits per heavy atom. The van der Waals surface area contributed by atoms with Crippen molar-refractivity contribution in [2.75, 3.05) is 39.2 Å². The van der Waals surface area contributed by atoms with Crippen molar-refractivity contribution in [3.8, 4) is 11.6 Å². The van der Waals surface area contributed by atoms with Crippen LogP contribution in [0.15, 0.2) is 6.07 Å². The Kier molecular flexibility index (Phi) is 5.34. The maximum absolute atomic E-state index is 5.46. The van der Waals surface area contributed by atoms with Crippen molar-refractivity contribution >= 4 is 16.7 Å². The van der Waals surface area contributed by atoms with Gasteiger partial charge in [0.25, 0.3) is 5.88 Å². The Hall–Kier alpha value is -2.08. The summed E-state index contributed by atoms with van der Waals surface area (Å²) in [4.78, 5) is 12.2. The van der Waals surface area contributed by atoms with E-state index >= 15 is 0 Å². The van der Waals surface area contributed by atoms with Gasteiger partial charge in [-0.2, -0.15) is 0 Å². The van der Waals surface area contributed by atoms with E-state index in [4.69, 9.17) is 19.4 Å². The molecule has 1 N–H and O–H groups in total. The molecular formula is C21H30N4O2. The van der Waals surface area contributed by atoms with Gasteiger partial charge < -0.3 is 19.7 Å². The summed E-state index contributed by atoms with van der Waals surface area (Å²) in [6, 6.07) is 2.41. The molecule has 2 aromatic rings. The fourth-order valence-electron chi connectivity index (χ4n) is 4.49. The van der Waals surface area contributed by atoms with Crippen molar-refractivity contribution in [1.29, 1.82) is 0 Å². The maximum Gasteiger partial charge on any atom is 0.257 e. The van der Waals surface area contributed by atoms with Gasteiger partial charge in [-0.3, -0.25) is 4.98 Å². The first-order chi connectivity index (χ1) is 13.2. The zero-order valence-electron chi connectivity index (χ0n) is 16.7. The highest BCUT2D eigenvalue weighted by atomic mass is 16.5. The first-order valence-electron chi connectivity index (χ1n) is 10.2. The Balaban J connectivity index is 1.74. The van der Waals surface area contributed by atoms with Crippen molar-refractivity contribution in [1.82, 2.24) is 14.9 Å². The number of aromatic nitrogens is 2. The number of nitrogens with one attached hydrogen (secondary N) is 1. The van der Waals surface area contributed by atoms with Gasteiger partial charge in [0.15, 0.2) is 5.75 Å². The first-order valence-corrected chi connectivity index (χ1v) is 10.2. The van der Waals surface area contributed by atoms with Gasteiger partial charge in [-0.1, -0.05) is 6.92 Å². The van der Waals surface area contributed by atoms with Gasteiger partial charge in [-0.25, -0.2) is 4.98 Å². The molecule has 2 aromatic heterocycles. The van der Waals surface area contributed by atoms with Crippen LogP contribution in [-0.4, -0.2) is 54.8 Å². The van der Waals surface area contributed by atoms with Crippen LogP contribution in [0.4, 0.5) is 5.69 Å². The average molecular weight is 370 g/mol. The number of hydrogen-bond donors (Lipinski definition) is 1. The zero-order valence-corrected chi connectivity index (χ0v) is 16.7. The van der Waals surface area contributed by atoms with E-state index in [9.17, 15) is 0 Å². The van der Waals surface area contributed by atoms with E-state index in [0.717, 1.165) is 42.5 Å². The summed E-state index contributed by atoms with van der Waals surface area (Å²) in [5, 5.41) is 3.86. The highest BCUT2D eigenvalue weighted by Gasteiger charge is 2.26. The highest BCUT2D eigenvalue weighted by Crippen LogP contribution is 2.37. The van der Waals surface area contributed by atoms with Crippen LogP contribution in [0, 0.1) is 0 Å². The van der Waals surface area contributed by atoms with Crippen LogP contribution in [0.1, 0.15) is 43.9 Å². The minimum absolute atomic E-state index is 0.454. The van der Waals surface area contributed by atoms with Gasteiger partial charge in [0.2, 0.25) is 0 Å². The van der Waals surface area contributed by atoms with Crippen LogP contribution in [0.25, 0.3) is 11.0 Å². The lowest BCUT2D eigenvalue weighted by Crippen LogP contribution is -2.42. The molecule has 0 unspecified atom stereocenters. The van der Waals surface area contributed by atoms with Crippen molar-refractivity contribution in [3.63, 3.8) is 0 Å². The summed E-state index contributed by atoms with van der Waals surface area (Å²) in [5.74, 6) is 1.15. The predicted octanol–water partition coefficient (Wildman–Crippen LogP) is 3.42. The van der Waals surface area contributed by atoms with E-state index in [2.05, 4.69) is 17.1 Å². The molecule has 0 saturated carbocycles. The summed E-state index contributed by atoms with van der Waals surface area (Å²) < 4.78 is 10.9. The summed E-state index contributed by atoms with van der Waals surface area (Å²) in [6.07, 6.45) is 6.93. The van der Waals surface area contributed by atoms with Crippen molar-refractivity contribution < 1.29 is 9.47 Å². The third kappa shape index (κ3) is 3.55. The van der Waals surface area contributed by atoms with E-state index in [-0.39, 0.29) is 0 Å². The normalized spacial score (nSPS) is 19.9. The molecule has 1 saturated heterocycles. The number of piperidine rings is 1. The second-order valence-electron chi connectivity index (χ2n) is 7.62. The summed E-state index contributed by atoms with van der Waals surface area (Å²) >= 11 is 0. The number of fused-ring (bicyclic) bond motifs is 2. The molecule has 1 aliphatic heterocycles. The monoisotopic (exact) mass is 370 g/mol. The minimum atomic E-state index is 0.454. The maximum atomic E-state index is 5.46. The molecule has 1 fully saturated rings. The number of nitrogens with zero attached hydrogens (tertiary/aromatic N) is 3. The van der Waals surface area contributed by atoms with Crippen molar-refractivity contribution in [3.05, 3.63) is 17.3 Å². The summed E-state index contributed by atoms with van der Waals surface area (Å²) in [7, 11) is 3.27. The topological polar surface area (TPSA) is 59.5 Å². The van der Waals surface area contributed by atoms with E-state index in [1.807, 2.05) is 6.07 Å². The lowest BCUT2D eigenvalue weighted by Gasteiger charge is -2.34. The third-order valence-corrected chi connectivity index (χ3v) is 5.72. The highest BCUT2D eigenvalue weighted by molar-refractivity contribution is 5.92. The number of aryl methyl sites for hydroxylation is 1. The summed E-state index contributed by atoms with van der Waals surface area (Å²) in [5.41, 5.74) is 5.50. The van der Waals surface area contributed by atoms with E-state index < -0.39 is 0 Å². The molecule has 27 heavy (non-hydrogen) atoms. The van der Waals surface area contributed by atoms with Crippen LogP contribution in [0.5, 0.6) is 11.6 Å². The fraction of sp³-hybridized carbons (Fsp3) is 0.619. The lowest BCUT2D eigenvalue weighted by molar-refractivity contribution is 0.217. The largest absolute Gasteiger partial charge is 0.491 e. The van der Waals surface area contributed by atoms with Gasteiger partial charge in [0, 0.05) is 24.3 Å². The van der Waals surface area contributed by atoms with E-state index in [0.29, 0.717) is 17.7 Å². The van der Waals surface area contributed by atoms with Gasteiger partial charge in [-0.05, 0) is 57.2 Å². The molecule has 4 rings (SSSR count). The number of hydrogen-bond acceptors (Lipinski definition) is 6. The number of rotatable bonds is 6.